The molecule has 0 saturated heterocycles. The van der Waals surface area contributed by atoms with E-state index in [-0.39, 0.29) is 17.4 Å². The molecule has 5 aromatic rings. The Kier molecular flexibility index (Phi) is 5.74. The summed E-state index contributed by atoms with van der Waals surface area (Å²) in [4.78, 5) is 35.6. The first-order valence-corrected chi connectivity index (χ1v) is 11.5. The van der Waals surface area contributed by atoms with E-state index in [2.05, 4.69) is 21.9 Å². The van der Waals surface area contributed by atoms with Gasteiger partial charge in [-0.1, -0.05) is 54.1 Å². The average Bonchev–Trinajstić information content (AvgIpc) is 2.86. The number of benzene rings is 3. The standard InChI is InChI=1S/C28H25N5O2/c1-4-33-27(35)21-10-6-8-12-24(21)30-28(33)32-31-26(34)22-16-25(19-14-13-17(2)15-18(19)3)29-23-11-7-5-9-20(22)23/h5-16H,4H2,1-3H3,(H,30,32)(H,31,34). The first-order valence-electron chi connectivity index (χ1n) is 11.5. The number of para-hydroxylation sites is 2. The minimum Gasteiger partial charge on any atom is -0.277 e. The molecule has 0 aliphatic carbocycles. The van der Waals surface area contributed by atoms with E-state index >= 15 is 0 Å². The number of nitrogens with zero attached hydrogens (tertiary/aromatic N) is 3. The molecule has 0 spiro atoms. The Labute approximate surface area is 202 Å². The van der Waals surface area contributed by atoms with Crippen LogP contribution in [0.5, 0.6) is 0 Å². The van der Waals surface area contributed by atoms with Crippen molar-refractivity contribution < 1.29 is 4.79 Å². The molecule has 2 aromatic heterocycles. The van der Waals surface area contributed by atoms with Crippen LogP contribution in [0.15, 0.2) is 77.6 Å². The van der Waals surface area contributed by atoms with E-state index in [1.165, 1.54) is 10.1 Å². The Morgan fingerprint density at radius 2 is 1.57 bits per heavy atom. The highest BCUT2D eigenvalue weighted by atomic mass is 16.2. The van der Waals surface area contributed by atoms with Crippen LogP contribution in [0.4, 0.5) is 5.95 Å². The lowest BCUT2D eigenvalue weighted by atomic mass is 9.99. The van der Waals surface area contributed by atoms with Gasteiger partial charge in [0.2, 0.25) is 5.95 Å². The van der Waals surface area contributed by atoms with Gasteiger partial charge in [-0.3, -0.25) is 25.0 Å². The van der Waals surface area contributed by atoms with Crippen molar-refractivity contribution in [3.8, 4) is 11.3 Å². The number of hydrogen-bond acceptors (Lipinski definition) is 5. The predicted molar refractivity (Wildman–Crippen MR) is 139 cm³/mol. The van der Waals surface area contributed by atoms with Crippen molar-refractivity contribution in [1.82, 2.24) is 20.0 Å². The molecule has 0 aliphatic heterocycles. The van der Waals surface area contributed by atoms with Crippen LogP contribution in [0.25, 0.3) is 33.1 Å². The van der Waals surface area contributed by atoms with Gasteiger partial charge in [0.15, 0.2) is 0 Å². The minimum absolute atomic E-state index is 0.165. The molecule has 7 heteroatoms. The number of pyridine rings is 1. The van der Waals surface area contributed by atoms with Crippen LogP contribution in [0, 0.1) is 13.8 Å². The Hall–Kier alpha value is -4.52. The summed E-state index contributed by atoms with van der Waals surface area (Å²) in [7, 11) is 0. The first-order chi connectivity index (χ1) is 17.0. The normalized spacial score (nSPS) is 11.1. The first kappa shape index (κ1) is 22.3. The Bertz CT molecular complexity index is 1660. The summed E-state index contributed by atoms with van der Waals surface area (Å²) in [5, 5.41) is 1.27. The van der Waals surface area contributed by atoms with Crippen molar-refractivity contribution in [3.05, 3.63) is 99.8 Å². The van der Waals surface area contributed by atoms with Crippen LogP contribution in [-0.2, 0) is 6.54 Å². The Morgan fingerprint density at radius 1 is 0.886 bits per heavy atom. The molecular weight excluding hydrogens is 438 g/mol. The summed E-state index contributed by atoms with van der Waals surface area (Å²) in [6.45, 7) is 6.35. The molecular formula is C28H25N5O2. The van der Waals surface area contributed by atoms with Crippen molar-refractivity contribution in [2.45, 2.75) is 27.3 Å². The van der Waals surface area contributed by atoms with E-state index in [1.807, 2.05) is 69.3 Å². The average molecular weight is 464 g/mol. The number of nitrogens with one attached hydrogen (secondary N) is 2. The van der Waals surface area contributed by atoms with Crippen LogP contribution < -0.4 is 16.4 Å². The summed E-state index contributed by atoms with van der Waals surface area (Å²) in [5.41, 5.74) is 11.2. The van der Waals surface area contributed by atoms with Gasteiger partial charge in [-0.2, -0.15) is 0 Å². The quantitative estimate of drug-likeness (QED) is 0.358. The fraction of sp³-hybridized carbons (Fsp3) is 0.143. The van der Waals surface area contributed by atoms with Crippen LogP contribution in [-0.4, -0.2) is 20.4 Å². The number of rotatable bonds is 5. The topological polar surface area (TPSA) is 88.9 Å². The number of carbonyl (C=O) groups excluding carboxylic acids is 1. The molecule has 0 saturated carbocycles. The lowest BCUT2D eigenvalue weighted by Crippen LogP contribution is -2.34. The van der Waals surface area contributed by atoms with Crippen LogP contribution in [0.1, 0.15) is 28.4 Å². The van der Waals surface area contributed by atoms with Gasteiger partial charge in [-0.15, -0.1) is 0 Å². The minimum atomic E-state index is -0.348. The van der Waals surface area contributed by atoms with Gasteiger partial charge in [0.05, 0.1) is 27.7 Å². The molecule has 0 aliphatic rings. The van der Waals surface area contributed by atoms with Crippen LogP contribution in [0.2, 0.25) is 0 Å². The zero-order chi connectivity index (χ0) is 24.5. The SMILES string of the molecule is CCn1c(NNC(=O)c2cc(-c3ccc(C)cc3C)nc3ccccc23)nc2ccccc2c1=O. The van der Waals surface area contributed by atoms with E-state index in [0.29, 0.717) is 23.0 Å². The van der Waals surface area contributed by atoms with E-state index in [0.717, 1.165) is 27.7 Å². The molecule has 3 aromatic carbocycles. The molecule has 0 fully saturated rings. The van der Waals surface area contributed by atoms with Crippen molar-refractivity contribution >= 4 is 33.7 Å². The van der Waals surface area contributed by atoms with Gasteiger partial charge in [0.25, 0.3) is 11.5 Å². The molecule has 174 valence electrons. The molecule has 0 radical (unpaired) electrons. The van der Waals surface area contributed by atoms with Crippen LogP contribution >= 0.6 is 0 Å². The molecule has 0 bridgehead atoms. The lowest BCUT2D eigenvalue weighted by molar-refractivity contribution is 0.0963. The molecule has 5 rings (SSSR count). The fourth-order valence-corrected chi connectivity index (χ4v) is 4.34. The monoisotopic (exact) mass is 463 g/mol. The van der Waals surface area contributed by atoms with E-state index in [4.69, 9.17) is 4.98 Å². The molecule has 2 heterocycles. The van der Waals surface area contributed by atoms with Gasteiger partial charge in [-0.05, 0) is 50.6 Å². The number of carbonyl (C=O) groups is 1. The number of amides is 1. The Balaban J connectivity index is 1.54. The zero-order valence-corrected chi connectivity index (χ0v) is 19.8. The maximum atomic E-state index is 13.4. The predicted octanol–water partition coefficient (Wildman–Crippen LogP) is 5.01. The second-order valence-corrected chi connectivity index (χ2v) is 8.47. The molecule has 7 nitrogen and oxygen atoms in total. The van der Waals surface area contributed by atoms with Crippen molar-refractivity contribution in [2.24, 2.45) is 0 Å². The maximum Gasteiger partial charge on any atom is 0.270 e. The van der Waals surface area contributed by atoms with E-state index in [1.54, 1.807) is 18.2 Å². The molecule has 2 N–H and O–H groups in total. The number of fused-ring (bicyclic) bond motifs is 2. The lowest BCUT2D eigenvalue weighted by Gasteiger charge is -2.15. The largest absolute Gasteiger partial charge is 0.277 e. The zero-order valence-electron chi connectivity index (χ0n) is 19.8. The molecule has 35 heavy (non-hydrogen) atoms. The fourth-order valence-electron chi connectivity index (χ4n) is 4.34. The summed E-state index contributed by atoms with van der Waals surface area (Å²) in [6, 6.07) is 22.7. The maximum absolute atomic E-state index is 13.4. The van der Waals surface area contributed by atoms with E-state index < -0.39 is 0 Å². The summed E-state index contributed by atoms with van der Waals surface area (Å²) >= 11 is 0. The third kappa shape index (κ3) is 4.12. The van der Waals surface area contributed by atoms with Gasteiger partial charge in [-0.25, -0.2) is 9.97 Å². The highest BCUT2D eigenvalue weighted by Crippen LogP contribution is 2.27. The van der Waals surface area contributed by atoms with Crippen molar-refractivity contribution in [3.63, 3.8) is 0 Å². The molecule has 0 atom stereocenters. The third-order valence-electron chi connectivity index (χ3n) is 6.08. The molecule has 1 amide bonds. The number of aromatic nitrogens is 3. The highest BCUT2D eigenvalue weighted by molar-refractivity contribution is 6.07. The van der Waals surface area contributed by atoms with Crippen molar-refractivity contribution in [1.29, 1.82) is 0 Å². The number of anilines is 1. The van der Waals surface area contributed by atoms with Gasteiger partial charge >= 0.3 is 0 Å². The number of aryl methyl sites for hydroxylation is 2. The van der Waals surface area contributed by atoms with Gasteiger partial charge in [0.1, 0.15) is 0 Å². The second kappa shape index (κ2) is 9.02. The van der Waals surface area contributed by atoms with E-state index in [9.17, 15) is 9.59 Å². The van der Waals surface area contributed by atoms with Gasteiger partial charge in [0, 0.05) is 17.5 Å². The summed E-state index contributed by atoms with van der Waals surface area (Å²) in [5.74, 6) is -0.0720. The van der Waals surface area contributed by atoms with Gasteiger partial charge < -0.3 is 0 Å². The number of hydrogen-bond donors (Lipinski definition) is 2. The summed E-state index contributed by atoms with van der Waals surface area (Å²) < 4.78 is 1.49. The number of hydrazine groups is 1. The third-order valence-corrected chi connectivity index (χ3v) is 6.08. The molecule has 0 unspecified atom stereocenters. The Morgan fingerprint density at radius 3 is 2.29 bits per heavy atom. The highest BCUT2D eigenvalue weighted by Gasteiger charge is 2.16. The van der Waals surface area contributed by atoms with Crippen molar-refractivity contribution in [2.75, 3.05) is 5.43 Å². The smallest absolute Gasteiger partial charge is 0.270 e. The van der Waals surface area contributed by atoms with Crippen LogP contribution in [0.3, 0.4) is 0 Å². The second-order valence-electron chi connectivity index (χ2n) is 8.47. The summed E-state index contributed by atoms with van der Waals surface area (Å²) in [6.07, 6.45) is 0.